The summed E-state index contributed by atoms with van der Waals surface area (Å²) in [5, 5.41) is 2.96. The predicted molar refractivity (Wildman–Crippen MR) is 96.3 cm³/mol. The van der Waals surface area contributed by atoms with E-state index in [-0.39, 0.29) is 11.9 Å². The molecule has 0 fully saturated rings. The number of carbonyl (C=O) groups is 1. The Bertz CT molecular complexity index is 737. The highest BCUT2D eigenvalue weighted by Gasteiger charge is 2.08. The number of methoxy groups -OCH3 is 2. The molecule has 126 valence electrons. The molecular weight excluding hydrogens is 302 g/mol. The molecule has 0 bridgehead atoms. The van der Waals surface area contributed by atoms with Gasteiger partial charge in [0.2, 0.25) is 5.91 Å². The molecule has 2 aromatic rings. The van der Waals surface area contributed by atoms with Crippen molar-refractivity contribution in [3.63, 3.8) is 0 Å². The van der Waals surface area contributed by atoms with Gasteiger partial charge in [0, 0.05) is 6.08 Å². The van der Waals surface area contributed by atoms with E-state index in [9.17, 15) is 4.79 Å². The first-order chi connectivity index (χ1) is 11.5. The predicted octanol–water partition coefficient (Wildman–Crippen LogP) is 3.90. The minimum absolute atomic E-state index is 0.0487. The molecule has 0 aromatic heterocycles. The Balaban J connectivity index is 2.02. The van der Waals surface area contributed by atoms with E-state index >= 15 is 0 Å². The number of nitrogens with one attached hydrogen (secondary N) is 1. The van der Waals surface area contributed by atoms with Crippen LogP contribution in [0.15, 0.2) is 48.5 Å². The first-order valence-electron chi connectivity index (χ1n) is 7.80. The van der Waals surface area contributed by atoms with E-state index < -0.39 is 0 Å². The summed E-state index contributed by atoms with van der Waals surface area (Å²) in [4.78, 5) is 12.1. The number of carbonyl (C=O) groups excluding carboxylic acids is 1. The van der Waals surface area contributed by atoms with Crippen LogP contribution in [0.4, 0.5) is 0 Å². The van der Waals surface area contributed by atoms with Crippen molar-refractivity contribution in [2.75, 3.05) is 14.2 Å². The van der Waals surface area contributed by atoms with Crippen LogP contribution in [-0.4, -0.2) is 20.1 Å². The van der Waals surface area contributed by atoms with Crippen molar-refractivity contribution >= 4 is 12.0 Å². The number of rotatable bonds is 6. The maximum absolute atomic E-state index is 12.1. The molecule has 0 saturated carbocycles. The van der Waals surface area contributed by atoms with Crippen molar-refractivity contribution in [2.24, 2.45) is 0 Å². The van der Waals surface area contributed by atoms with Crippen LogP contribution >= 0.6 is 0 Å². The third-order valence-electron chi connectivity index (χ3n) is 3.74. The highest BCUT2D eigenvalue weighted by atomic mass is 16.5. The molecule has 0 saturated heterocycles. The molecule has 0 aliphatic heterocycles. The van der Waals surface area contributed by atoms with Crippen LogP contribution in [0.25, 0.3) is 6.08 Å². The molecule has 2 aromatic carbocycles. The summed E-state index contributed by atoms with van der Waals surface area (Å²) in [5.74, 6) is 1.15. The lowest BCUT2D eigenvalue weighted by Crippen LogP contribution is -2.24. The molecule has 1 amide bonds. The molecule has 4 nitrogen and oxygen atoms in total. The lowest BCUT2D eigenvalue weighted by atomic mass is 10.1. The Morgan fingerprint density at radius 3 is 2.50 bits per heavy atom. The van der Waals surface area contributed by atoms with Crippen LogP contribution in [-0.2, 0) is 4.79 Å². The standard InChI is InChI=1S/C20H23NO3/c1-14-6-5-7-17(12-14)15(2)21-20(22)11-9-16-8-10-18(23-3)19(13-16)24-4/h5-13,15H,1-4H3,(H,21,22)/b11-9+. The Labute approximate surface area is 143 Å². The average Bonchev–Trinajstić information content (AvgIpc) is 2.59. The fourth-order valence-electron chi connectivity index (χ4n) is 2.41. The van der Waals surface area contributed by atoms with Gasteiger partial charge in [0.15, 0.2) is 11.5 Å². The molecule has 4 heteroatoms. The Kier molecular flexibility index (Phi) is 6.01. The third-order valence-corrected chi connectivity index (χ3v) is 3.74. The Morgan fingerprint density at radius 1 is 1.08 bits per heavy atom. The minimum atomic E-state index is -0.140. The average molecular weight is 325 g/mol. The molecule has 1 N–H and O–H groups in total. The van der Waals surface area contributed by atoms with Crippen molar-refractivity contribution in [1.82, 2.24) is 5.32 Å². The van der Waals surface area contributed by atoms with Crippen LogP contribution in [0, 0.1) is 6.92 Å². The molecular formula is C20H23NO3. The topological polar surface area (TPSA) is 47.6 Å². The van der Waals surface area contributed by atoms with E-state index in [0.717, 1.165) is 11.1 Å². The fraction of sp³-hybridized carbons (Fsp3) is 0.250. The van der Waals surface area contributed by atoms with E-state index in [1.165, 1.54) is 11.6 Å². The highest BCUT2D eigenvalue weighted by Crippen LogP contribution is 2.27. The van der Waals surface area contributed by atoms with Crippen molar-refractivity contribution in [1.29, 1.82) is 0 Å². The van der Waals surface area contributed by atoms with Crippen LogP contribution in [0.5, 0.6) is 11.5 Å². The number of amides is 1. The van der Waals surface area contributed by atoms with E-state index in [0.29, 0.717) is 11.5 Å². The van der Waals surface area contributed by atoms with E-state index in [1.807, 2.05) is 50.2 Å². The third kappa shape index (κ3) is 4.62. The van der Waals surface area contributed by atoms with Gasteiger partial charge in [-0.2, -0.15) is 0 Å². The second-order valence-corrected chi connectivity index (χ2v) is 5.59. The van der Waals surface area contributed by atoms with Crippen LogP contribution in [0.2, 0.25) is 0 Å². The van der Waals surface area contributed by atoms with Crippen molar-refractivity contribution in [3.05, 3.63) is 65.2 Å². The Morgan fingerprint density at radius 2 is 1.83 bits per heavy atom. The van der Waals surface area contributed by atoms with Gasteiger partial charge in [0.1, 0.15) is 0 Å². The largest absolute Gasteiger partial charge is 0.493 e. The summed E-state index contributed by atoms with van der Waals surface area (Å²) < 4.78 is 10.5. The molecule has 0 radical (unpaired) electrons. The second-order valence-electron chi connectivity index (χ2n) is 5.59. The normalized spacial score (nSPS) is 12.0. The lowest BCUT2D eigenvalue weighted by Gasteiger charge is -2.13. The summed E-state index contributed by atoms with van der Waals surface area (Å²) in [6.45, 7) is 4.01. The summed E-state index contributed by atoms with van der Waals surface area (Å²) in [5.41, 5.74) is 3.13. The lowest BCUT2D eigenvalue weighted by molar-refractivity contribution is -0.117. The highest BCUT2D eigenvalue weighted by molar-refractivity contribution is 5.92. The molecule has 2 rings (SSSR count). The molecule has 0 aliphatic rings. The van der Waals surface area contributed by atoms with Gasteiger partial charge in [-0.3, -0.25) is 4.79 Å². The molecule has 1 unspecified atom stereocenters. The first kappa shape index (κ1) is 17.6. The molecule has 0 aliphatic carbocycles. The second kappa shape index (κ2) is 8.20. The summed E-state index contributed by atoms with van der Waals surface area (Å²) >= 11 is 0. The van der Waals surface area contributed by atoms with Crippen molar-refractivity contribution in [3.8, 4) is 11.5 Å². The number of hydrogen-bond donors (Lipinski definition) is 1. The van der Waals surface area contributed by atoms with E-state index in [2.05, 4.69) is 11.4 Å². The van der Waals surface area contributed by atoms with Gasteiger partial charge in [0.05, 0.1) is 20.3 Å². The molecule has 0 spiro atoms. The SMILES string of the molecule is COc1ccc(/C=C/C(=O)NC(C)c2cccc(C)c2)cc1OC. The zero-order valence-corrected chi connectivity index (χ0v) is 14.5. The zero-order chi connectivity index (χ0) is 17.5. The maximum atomic E-state index is 12.1. The van der Waals surface area contributed by atoms with Gasteiger partial charge in [-0.25, -0.2) is 0 Å². The van der Waals surface area contributed by atoms with Crippen molar-refractivity contribution < 1.29 is 14.3 Å². The fourth-order valence-corrected chi connectivity index (χ4v) is 2.41. The van der Waals surface area contributed by atoms with Crippen LogP contribution in [0.3, 0.4) is 0 Å². The van der Waals surface area contributed by atoms with E-state index in [1.54, 1.807) is 20.3 Å². The zero-order valence-electron chi connectivity index (χ0n) is 14.5. The van der Waals surface area contributed by atoms with Gasteiger partial charge in [-0.05, 0) is 43.2 Å². The Hall–Kier alpha value is -2.75. The number of ether oxygens (including phenoxy) is 2. The van der Waals surface area contributed by atoms with Gasteiger partial charge < -0.3 is 14.8 Å². The van der Waals surface area contributed by atoms with Gasteiger partial charge >= 0.3 is 0 Å². The quantitative estimate of drug-likeness (QED) is 0.819. The molecule has 1 atom stereocenters. The van der Waals surface area contributed by atoms with Crippen LogP contribution < -0.4 is 14.8 Å². The minimum Gasteiger partial charge on any atom is -0.493 e. The maximum Gasteiger partial charge on any atom is 0.244 e. The van der Waals surface area contributed by atoms with Crippen molar-refractivity contribution in [2.45, 2.75) is 19.9 Å². The first-order valence-corrected chi connectivity index (χ1v) is 7.80. The summed E-state index contributed by atoms with van der Waals surface area (Å²) in [6.07, 6.45) is 3.27. The number of hydrogen-bond acceptors (Lipinski definition) is 3. The van der Waals surface area contributed by atoms with E-state index in [4.69, 9.17) is 9.47 Å². The van der Waals surface area contributed by atoms with Gasteiger partial charge in [0.25, 0.3) is 0 Å². The molecule has 0 heterocycles. The van der Waals surface area contributed by atoms with Gasteiger partial charge in [-0.15, -0.1) is 0 Å². The summed E-state index contributed by atoms with van der Waals surface area (Å²) in [7, 11) is 3.18. The number of aryl methyl sites for hydroxylation is 1. The number of benzene rings is 2. The monoisotopic (exact) mass is 325 g/mol. The molecule has 24 heavy (non-hydrogen) atoms. The van der Waals surface area contributed by atoms with Gasteiger partial charge in [-0.1, -0.05) is 35.9 Å². The summed E-state index contributed by atoms with van der Waals surface area (Å²) in [6, 6.07) is 13.6. The van der Waals surface area contributed by atoms with Crippen LogP contribution in [0.1, 0.15) is 29.7 Å². The smallest absolute Gasteiger partial charge is 0.244 e.